The summed E-state index contributed by atoms with van der Waals surface area (Å²) in [6.45, 7) is 5.69. The molecular formula is C14H20F3N3O. The van der Waals surface area contributed by atoms with Gasteiger partial charge in [0.2, 0.25) is 0 Å². The number of rotatable bonds is 6. The molecule has 0 aliphatic rings. The lowest BCUT2D eigenvalue weighted by molar-refractivity contribution is -0.274. The van der Waals surface area contributed by atoms with Gasteiger partial charge in [-0.05, 0) is 31.9 Å². The average molecular weight is 303 g/mol. The molecule has 0 fully saturated rings. The number of para-hydroxylation sites is 1. The minimum atomic E-state index is -4.69. The minimum Gasteiger partial charge on any atom is -0.406 e. The van der Waals surface area contributed by atoms with Crippen LogP contribution in [0.4, 0.5) is 13.2 Å². The van der Waals surface area contributed by atoms with Crippen molar-refractivity contribution in [1.82, 2.24) is 4.90 Å². The zero-order valence-corrected chi connectivity index (χ0v) is 12.2. The van der Waals surface area contributed by atoms with Crippen LogP contribution >= 0.6 is 0 Å². The van der Waals surface area contributed by atoms with Crippen LogP contribution in [-0.2, 0) is 6.42 Å². The van der Waals surface area contributed by atoms with Crippen LogP contribution in [0, 0.1) is 0 Å². The summed E-state index contributed by atoms with van der Waals surface area (Å²) in [5.41, 5.74) is 6.26. The van der Waals surface area contributed by atoms with Gasteiger partial charge in [0.25, 0.3) is 0 Å². The molecule has 1 aromatic rings. The summed E-state index contributed by atoms with van der Waals surface area (Å²) < 4.78 is 40.9. The third kappa shape index (κ3) is 5.93. The Kier molecular flexibility index (Phi) is 6.33. The second-order valence-electron chi connectivity index (χ2n) is 4.32. The van der Waals surface area contributed by atoms with Gasteiger partial charge in [0.1, 0.15) is 5.75 Å². The summed E-state index contributed by atoms with van der Waals surface area (Å²) in [6.07, 6.45) is -4.37. The second-order valence-corrected chi connectivity index (χ2v) is 4.32. The van der Waals surface area contributed by atoms with E-state index in [1.165, 1.54) is 12.1 Å². The van der Waals surface area contributed by atoms with Gasteiger partial charge in [-0.1, -0.05) is 18.2 Å². The molecule has 0 aliphatic carbocycles. The van der Waals surface area contributed by atoms with Crippen LogP contribution in [-0.4, -0.2) is 36.9 Å². The maximum absolute atomic E-state index is 12.3. The van der Waals surface area contributed by atoms with Crippen molar-refractivity contribution in [2.45, 2.75) is 26.6 Å². The Morgan fingerprint density at radius 1 is 1.24 bits per heavy atom. The van der Waals surface area contributed by atoms with Crippen LogP contribution in [0.2, 0.25) is 0 Å². The van der Waals surface area contributed by atoms with E-state index in [2.05, 4.69) is 9.73 Å². The van der Waals surface area contributed by atoms with E-state index in [-0.39, 0.29) is 5.75 Å². The van der Waals surface area contributed by atoms with E-state index in [0.29, 0.717) is 24.5 Å². The maximum Gasteiger partial charge on any atom is 0.573 e. The Morgan fingerprint density at radius 2 is 1.86 bits per heavy atom. The van der Waals surface area contributed by atoms with E-state index >= 15 is 0 Å². The van der Waals surface area contributed by atoms with Gasteiger partial charge in [-0.25, -0.2) is 0 Å². The van der Waals surface area contributed by atoms with Gasteiger partial charge in [-0.15, -0.1) is 13.2 Å². The second kappa shape index (κ2) is 7.75. The van der Waals surface area contributed by atoms with E-state index < -0.39 is 6.36 Å². The number of guanidine groups is 1. The van der Waals surface area contributed by atoms with E-state index in [9.17, 15) is 13.2 Å². The highest BCUT2D eigenvalue weighted by molar-refractivity contribution is 5.78. The smallest absolute Gasteiger partial charge is 0.406 e. The number of alkyl halides is 3. The predicted molar refractivity (Wildman–Crippen MR) is 76.2 cm³/mol. The summed E-state index contributed by atoms with van der Waals surface area (Å²) >= 11 is 0. The Morgan fingerprint density at radius 3 is 2.43 bits per heavy atom. The first-order valence-electron chi connectivity index (χ1n) is 6.75. The molecule has 0 aromatic heterocycles. The van der Waals surface area contributed by atoms with Gasteiger partial charge in [0.15, 0.2) is 5.96 Å². The summed E-state index contributed by atoms with van der Waals surface area (Å²) in [6, 6.07) is 6.04. The molecule has 0 heterocycles. The average Bonchev–Trinajstić information content (AvgIpc) is 2.40. The molecule has 0 spiro atoms. The van der Waals surface area contributed by atoms with Gasteiger partial charge < -0.3 is 15.4 Å². The summed E-state index contributed by atoms with van der Waals surface area (Å²) in [4.78, 5) is 6.06. The predicted octanol–water partition coefficient (Wildman–Crippen LogP) is 2.78. The lowest BCUT2D eigenvalue weighted by Crippen LogP contribution is -2.37. The monoisotopic (exact) mass is 303 g/mol. The molecule has 4 nitrogen and oxygen atoms in total. The summed E-state index contributed by atoms with van der Waals surface area (Å²) in [5, 5.41) is 0. The van der Waals surface area contributed by atoms with Crippen LogP contribution in [0.1, 0.15) is 19.4 Å². The molecule has 0 aliphatic heterocycles. The van der Waals surface area contributed by atoms with Gasteiger partial charge in [0.05, 0.1) is 0 Å². The molecule has 0 saturated carbocycles. The molecule has 0 amide bonds. The van der Waals surface area contributed by atoms with Crippen molar-refractivity contribution in [2.75, 3.05) is 19.6 Å². The Labute approximate surface area is 122 Å². The SMILES string of the molecule is CCN(CC)C(N)=NCCc1ccccc1OC(F)(F)F. The summed E-state index contributed by atoms with van der Waals surface area (Å²) in [5.74, 6) is 0.204. The summed E-state index contributed by atoms with van der Waals surface area (Å²) in [7, 11) is 0. The molecule has 0 unspecified atom stereocenters. The van der Waals surface area contributed by atoms with Crippen molar-refractivity contribution in [3.05, 3.63) is 29.8 Å². The fourth-order valence-corrected chi connectivity index (χ4v) is 1.87. The molecule has 0 atom stereocenters. The number of benzene rings is 1. The minimum absolute atomic E-state index is 0.193. The fourth-order valence-electron chi connectivity index (χ4n) is 1.87. The highest BCUT2D eigenvalue weighted by atomic mass is 19.4. The van der Waals surface area contributed by atoms with E-state index in [1.54, 1.807) is 12.1 Å². The number of hydrogen-bond donors (Lipinski definition) is 1. The Balaban J connectivity index is 2.70. The number of nitrogens with zero attached hydrogens (tertiary/aromatic N) is 2. The van der Waals surface area contributed by atoms with Crippen LogP contribution in [0.15, 0.2) is 29.3 Å². The third-order valence-electron chi connectivity index (χ3n) is 2.94. The zero-order valence-electron chi connectivity index (χ0n) is 12.2. The van der Waals surface area contributed by atoms with Crippen LogP contribution in [0.5, 0.6) is 5.75 Å². The van der Waals surface area contributed by atoms with E-state index in [1.807, 2.05) is 18.7 Å². The normalized spacial score (nSPS) is 12.3. The molecule has 118 valence electrons. The Hall–Kier alpha value is -1.92. The van der Waals surface area contributed by atoms with Crippen molar-refractivity contribution < 1.29 is 17.9 Å². The molecule has 0 saturated heterocycles. The van der Waals surface area contributed by atoms with Crippen molar-refractivity contribution in [2.24, 2.45) is 10.7 Å². The number of hydrogen-bond acceptors (Lipinski definition) is 2. The molecule has 0 bridgehead atoms. The van der Waals surface area contributed by atoms with E-state index in [0.717, 1.165) is 13.1 Å². The quantitative estimate of drug-likeness (QED) is 0.649. The van der Waals surface area contributed by atoms with Crippen molar-refractivity contribution in [3.8, 4) is 5.75 Å². The highest BCUT2D eigenvalue weighted by Gasteiger charge is 2.31. The molecule has 21 heavy (non-hydrogen) atoms. The lowest BCUT2D eigenvalue weighted by atomic mass is 10.1. The highest BCUT2D eigenvalue weighted by Crippen LogP contribution is 2.26. The molecule has 7 heteroatoms. The molecule has 2 N–H and O–H groups in total. The maximum atomic E-state index is 12.3. The molecular weight excluding hydrogens is 283 g/mol. The van der Waals surface area contributed by atoms with Crippen molar-refractivity contribution in [3.63, 3.8) is 0 Å². The third-order valence-corrected chi connectivity index (χ3v) is 2.94. The van der Waals surface area contributed by atoms with Gasteiger partial charge in [0, 0.05) is 19.6 Å². The standard InChI is InChI=1S/C14H20F3N3O/c1-3-20(4-2)13(18)19-10-9-11-7-5-6-8-12(11)21-14(15,16)17/h5-8H,3-4,9-10H2,1-2H3,(H2,18,19). The van der Waals surface area contributed by atoms with Gasteiger partial charge in [-0.2, -0.15) is 0 Å². The largest absolute Gasteiger partial charge is 0.573 e. The Bertz CT molecular complexity index is 471. The molecule has 1 rings (SSSR count). The van der Waals surface area contributed by atoms with E-state index in [4.69, 9.17) is 5.73 Å². The van der Waals surface area contributed by atoms with Crippen molar-refractivity contribution in [1.29, 1.82) is 0 Å². The van der Waals surface area contributed by atoms with Crippen LogP contribution in [0.3, 0.4) is 0 Å². The van der Waals surface area contributed by atoms with Gasteiger partial charge >= 0.3 is 6.36 Å². The van der Waals surface area contributed by atoms with Crippen LogP contribution < -0.4 is 10.5 Å². The van der Waals surface area contributed by atoms with Crippen LogP contribution in [0.25, 0.3) is 0 Å². The molecule has 1 aromatic carbocycles. The first-order chi connectivity index (χ1) is 9.87. The zero-order chi connectivity index (χ0) is 15.9. The fraction of sp³-hybridized carbons (Fsp3) is 0.500. The van der Waals surface area contributed by atoms with Crippen molar-refractivity contribution >= 4 is 5.96 Å². The number of aliphatic imine (C=N–C) groups is 1. The number of ether oxygens (including phenoxy) is 1. The topological polar surface area (TPSA) is 50.8 Å². The molecule has 0 radical (unpaired) electrons. The first kappa shape index (κ1) is 17.1. The lowest BCUT2D eigenvalue weighted by Gasteiger charge is -2.19. The number of halogens is 3. The number of nitrogens with two attached hydrogens (primary N) is 1. The first-order valence-corrected chi connectivity index (χ1v) is 6.75. The van der Waals surface area contributed by atoms with Gasteiger partial charge in [-0.3, -0.25) is 4.99 Å².